The van der Waals surface area contributed by atoms with Gasteiger partial charge in [-0.3, -0.25) is 4.79 Å². The first-order valence-corrected chi connectivity index (χ1v) is 6.44. The van der Waals surface area contributed by atoms with E-state index in [1.807, 2.05) is 0 Å². The predicted octanol–water partition coefficient (Wildman–Crippen LogP) is 3.19. The molecule has 21 heavy (non-hydrogen) atoms. The SMILES string of the molecule is CCN(C(=O)c1ccccc1C(=O)O)c1cccc(F)c1. The monoisotopic (exact) mass is 287 g/mol. The van der Waals surface area contributed by atoms with Gasteiger partial charge in [-0.05, 0) is 37.3 Å². The van der Waals surface area contributed by atoms with Gasteiger partial charge in [-0.15, -0.1) is 0 Å². The van der Waals surface area contributed by atoms with Crippen LogP contribution in [-0.2, 0) is 0 Å². The molecular weight excluding hydrogens is 273 g/mol. The highest BCUT2D eigenvalue weighted by molar-refractivity contribution is 6.11. The third-order valence-corrected chi connectivity index (χ3v) is 3.07. The van der Waals surface area contributed by atoms with Crippen LogP contribution in [0.4, 0.5) is 10.1 Å². The summed E-state index contributed by atoms with van der Waals surface area (Å²) >= 11 is 0. The molecule has 108 valence electrons. The van der Waals surface area contributed by atoms with Crippen LogP contribution in [0.1, 0.15) is 27.6 Å². The van der Waals surface area contributed by atoms with Crippen molar-refractivity contribution in [1.82, 2.24) is 0 Å². The van der Waals surface area contributed by atoms with E-state index in [1.54, 1.807) is 25.1 Å². The van der Waals surface area contributed by atoms with Crippen LogP contribution in [0.15, 0.2) is 48.5 Å². The molecule has 1 amide bonds. The van der Waals surface area contributed by atoms with E-state index in [4.69, 9.17) is 5.11 Å². The Hall–Kier alpha value is -2.69. The zero-order valence-corrected chi connectivity index (χ0v) is 11.4. The van der Waals surface area contributed by atoms with Crippen LogP contribution >= 0.6 is 0 Å². The quantitative estimate of drug-likeness (QED) is 0.939. The standard InChI is InChI=1S/C16H14FNO3/c1-2-18(12-7-5-6-11(17)10-12)15(19)13-8-3-4-9-14(13)16(20)21/h3-10H,2H2,1H3,(H,20,21). The van der Waals surface area contributed by atoms with Crippen molar-refractivity contribution in [2.75, 3.05) is 11.4 Å². The number of rotatable bonds is 4. The van der Waals surface area contributed by atoms with E-state index in [0.717, 1.165) is 0 Å². The average molecular weight is 287 g/mol. The Morgan fingerprint density at radius 1 is 1.10 bits per heavy atom. The summed E-state index contributed by atoms with van der Waals surface area (Å²) in [6.07, 6.45) is 0. The third kappa shape index (κ3) is 3.08. The molecule has 0 unspecified atom stereocenters. The lowest BCUT2D eigenvalue weighted by molar-refractivity contribution is 0.0692. The zero-order valence-electron chi connectivity index (χ0n) is 11.4. The van der Waals surface area contributed by atoms with Gasteiger partial charge in [0.15, 0.2) is 0 Å². The van der Waals surface area contributed by atoms with Crippen molar-refractivity contribution in [3.05, 3.63) is 65.5 Å². The predicted molar refractivity (Wildman–Crippen MR) is 77.2 cm³/mol. The largest absolute Gasteiger partial charge is 0.478 e. The van der Waals surface area contributed by atoms with E-state index in [1.165, 1.54) is 35.2 Å². The van der Waals surface area contributed by atoms with Gasteiger partial charge in [0.1, 0.15) is 5.82 Å². The van der Waals surface area contributed by atoms with Crippen LogP contribution in [0.5, 0.6) is 0 Å². The summed E-state index contributed by atoms with van der Waals surface area (Å²) in [6.45, 7) is 2.04. The Morgan fingerprint density at radius 3 is 2.33 bits per heavy atom. The van der Waals surface area contributed by atoms with Gasteiger partial charge in [0.25, 0.3) is 5.91 Å². The van der Waals surface area contributed by atoms with Crippen LogP contribution in [0.25, 0.3) is 0 Å². The van der Waals surface area contributed by atoms with Crippen LogP contribution in [-0.4, -0.2) is 23.5 Å². The Morgan fingerprint density at radius 2 is 1.76 bits per heavy atom. The third-order valence-electron chi connectivity index (χ3n) is 3.07. The number of benzene rings is 2. The Bertz CT molecular complexity index is 685. The first-order chi connectivity index (χ1) is 10.0. The number of carboxylic acid groups (broad SMARTS) is 1. The highest BCUT2D eigenvalue weighted by atomic mass is 19.1. The molecule has 0 spiro atoms. The number of halogens is 1. The van der Waals surface area contributed by atoms with Crippen LogP contribution in [0.2, 0.25) is 0 Å². The fourth-order valence-electron chi connectivity index (χ4n) is 2.09. The number of carbonyl (C=O) groups is 2. The van der Waals surface area contributed by atoms with E-state index in [2.05, 4.69) is 0 Å². The van der Waals surface area contributed by atoms with Gasteiger partial charge in [-0.1, -0.05) is 18.2 Å². The summed E-state index contributed by atoms with van der Waals surface area (Å²) < 4.78 is 13.3. The number of hydrogen-bond acceptors (Lipinski definition) is 2. The van der Waals surface area contributed by atoms with Crippen LogP contribution < -0.4 is 4.90 Å². The van der Waals surface area contributed by atoms with Gasteiger partial charge < -0.3 is 10.0 Å². The molecule has 0 bridgehead atoms. The maximum absolute atomic E-state index is 13.3. The van der Waals surface area contributed by atoms with E-state index in [9.17, 15) is 14.0 Å². The molecule has 0 aliphatic heterocycles. The number of amides is 1. The topological polar surface area (TPSA) is 57.6 Å². The van der Waals surface area contributed by atoms with E-state index < -0.39 is 17.7 Å². The second kappa shape index (κ2) is 6.17. The van der Waals surface area contributed by atoms with Gasteiger partial charge in [0.2, 0.25) is 0 Å². The van der Waals surface area contributed by atoms with E-state index in [-0.39, 0.29) is 11.1 Å². The lowest BCUT2D eigenvalue weighted by Gasteiger charge is -2.22. The van der Waals surface area contributed by atoms with Gasteiger partial charge >= 0.3 is 5.97 Å². The summed E-state index contributed by atoms with van der Waals surface area (Å²) in [5.74, 6) is -2.10. The number of hydrogen-bond donors (Lipinski definition) is 1. The minimum Gasteiger partial charge on any atom is -0.478 e. The molecule has 2 aromatic rings. The summed E-state index contributed by atoms with van der Waals surface area (Å²) in [5.41, 5.74) is 0.399. The van der Waals surface area contributed by atoms with Crippen LogP contribution in [0, 0.1) is 5.82 Å². The second-order valence-electron chi connectivity index (χ2n) is 4.38. The lowest BCUT2D eigenvalue weighted by Crippen LogP contribution is -2.31. The van der Waals surface area contributed by atoms with Crippen molar-refractivity contribution >= 4 is 17.6 Å². The first-order valence-electron chi connectivity index (χ1n) is 6.44. The molecule has 0 heterocycles. The van der Waals surface area contributed by atoms with Crippen molar-refractivity contribution < 1.29 is 19.1 Å². The maximum atomic E-state index is 13.3. The molecule has 0 aliphatic rings. The van der Waals surface area contributed by atoms with Gasteiger partial charge in [-0.25, -0.2) is 9.18 Å². The summed E-state index contributed by atoms with van der Waals surface area (Å²) in [5, 5.41) is 9.15. The number of nitrogens with zero attached hydrogens (tertiary/aromatic N) is 1. The smallest absolute Gasteiger partial charge is 0.336 e. The molecule has 2 rings (SSSR count). The molecule has 0 saturated heterocycles. The normalized spacial score (nSPS) is 10.2. The zero-order chi connectivity index (χ0) is 15.4. The average Bonchev–Trinajstić information content (AvgIpc) is 2.48. The minimum atomic E-state index is -1.17. The molecule has 0 saturated carbocycles. The van der Waals surface area contributed by atoms with Crippen molar-refractivity contribution in [1.29, 1.82) is 0 Å². The number of carboxylic acids is 1. The lowest BCUT2D eigenvalue weighted by atomic mass is 10.1. The molecule has 0 fully saturated rings. The van der Waals surface area contributed by atoms with Gasteiger partial charge in [0, 0.05) is 12.2 Å². The second-order valence-corrected chi connectivity index (χ2v) is 4.38. The fraction of sp³-hybridized carbons (Fsp3) is 0.125. The van der Waals surface area contributed by atoms with Crippen LogP contribution in [0.3, 0.4) is 0 Å². The number of anilines is 1. The van der Waals surface area contributed by atoms with Crippen molar-refractivity contribution in [3.8, 4) is 0 Å². The van der Waals surface area contributed by atoms with Gasteiger partial charge in [-0.2, -0.15) is 0 Å². The molecular formula is C16H14FNO3. The Balaban J connectivity index is 2.44. The molecule has 1 N–H and O–H groups in total. The molecule has 0 aromatic heterocycles. The number of aromatic carboxylic acids is 1. The Labute approximate surface area is 121 Å². The number of carbonyl (C=O) groups excluding carboxylic acids is 1. The molecule has 0 atom stereocenters. The minimum absolute atomic E-state index is 0.0719. The molecule has 4 nitrogen and oxygen atoms in total. The maximum Gasteiger partial charge on any atom is 0.336 e. The van der Waals surface area contributed by atoms with Gasteiger partial charge in [0.05, 0.1) is 11.1 Å². The summed E-state index contributed by atoms with van der Waals surface area (Å²) in [6, 6.07) is 11.6. The molecule has 0 radical (unpaired) electrons. The van der Waals surface area contributed by atoms with E-state index in [0.29, 0.717) is 12.2 Å². The summed E-state index contributed by atoms with van der Waals surface area (Å²) in [4.78, 5) is 25.1. The molecule has 2 aromatic carbocycles. The highest BCUT2D eigenvalue weighted by Gasteiger charge is 2.21. The Kier molecular flexibility index (Phi) is 4.33. The highest BCUT2D eigenvalue weighted by Crippen LogP contribution is 2.20. The fourth-order valence-corrected chi connectivity index (χ4v) is 2.09. The van der Waals surface area contributed by atoms with E-state index >= 15 is 0 Å². The molecule has 0 aliphatic carbocycles. The first kappa shape index (κ1) is 14.7. The van der Waals surface area contributed by atoms with Crippen molar-refractivity contribution in [2.45, 2.75) is 6.92 Å². The van der Waals surface area contributed by atoms with Crippen molar-refractivity contribution in [3.63, 3.8) is 0 Å². The summed E-state index contributed by atoms with van der Waals surface area (Å²) in [7, 11) is 0. The van der Waals surface area contributed by atoms with Crippen molar-refractivity contribution in [2.24, 2.45) is 0 Å². The molecule has 5 heteroatoms.